The maximum absolute atomic E-state index is 12.2. The zero-order chi connectivity index (χ0) is 16.5. The molecule has 1 saturated carbocycles. The standard InChI is InChI=1S/C18H28N2O3/c1-22-11-12-23-16-9-7-15(8-10-16)20-18(21)17(19)13-14-5-3-2-4-6-14/h7-10,14,17H,2-6,11-13,19H2,1H3,(H,20,21). The summed E-state index contributed by atoms with van der Waals surface area (Å²) < 4.78 is 10.4. The third kappa shape index (κ3) is 6.20. The van der Waals surface area contributed by atoms with Gasteiger partial charge in [-0.1, -0.05) is 32.1 Å². The number of anilines is 1. The van der Waals surface area contributed by atoms with Gasteiger partial charge in [0, 0.05) is 12.8 Å². The van der Waals surface area contributed by atoms with E-state index in [1.54, 1.807) is 7.11 Å². The van der Waals surface area contributed by atoms with Gasteiger partial charge in [-0.15, -0.1) is 0 Å². The Balaban J connectivity index is 1.77. The number of amides is 1. The van der Waals surface area contributed by atoms with Gasteiger partial charge < -0.3 is 20.5 Å². The Morgan fingerprint density at radius 3 is 2.57 bits per heavy atom. The molecule has 0 heterocycles. The normalized spacial score (nSPS) is 16.8. The summed E-state index contributed by atoms with van der Waals surface area (Å²) in [7, 11) is 1.64. The molecule has 0 spiro atoms. The number of hydrogen-bond acceptors (Lipinski definition) is 4. The average Bonchev–Trinajstić information content (AvgIpc) is 2.57. The van der Waals surface area contributed by atoms with Crippen LogP contribution in [-0.2, 0) is 9.53 Å². The predicted molar refractivity (Wildman–Crippen MR) is 91.6 cm³/mol. The molecule has 1 fully saturated rings. The highest BCUT2D eigenvalue weighted by Crippen LogP contribution is 2.27. The SMILES string of the molecule is COCCOc1ccc(NC(=O)C(N)CC2CCCCC2)cc1. The Morgan fingerprint density at radius 1 is 1.22 bits per heavy atom. The molecular formula is C18H28N2O3. The highest BCUT2D eigenvalue weighted by atomic mass is 16.5. The number of nitrogens with two attached hydrogens (primary N) is 1. The Bertz CT molecular complexity index is 470. The third-order valence-electron chi connectivity index (χ3n) is 4.33. The molecule has 0 aromatic heterocycles. The number of benzene rings is 1. The third-order valence-corrected chi connectivity index (χ3v) is 4.33. The van der Waals surface area contributed by atoms with Crippen molar-refractivity contribution < 1.29 is 14.3 Å². The quantitative estimate of drug-likeness (QED) is 0.722. The van der Waals surface area contributed by atoms with Gasteiger partial charge in [-0.2, -0.15) is 0 Å². The largest absolute Gasteiger partial charge is 0.491 e. The molecule has 128 valence electrons. The summed E-state index contributed by atoms with van der Waals surface area (Å²) >= 11 is 0. The fourth-order valence-electron chi connectivity index (χ4n) is 3.00. The van der Waals surface area contributed by atoms with Gasteiger partial charge in [0.25, 0.3) is 0 Å². The van der Waals surface area contributed by atoms with E-state index in [9.17, 15) is 4.79 Å². The molecule has 5 nitrogen and oxygen atoms in total. The van der Waals surface area contributed by atoms with Crippen LogP contribution in [0.5, 0.6) is 5.75 Å². The molecule has 1 atom stereocenters. The minimum atomic E-state index is -0.435. The van der Waals surface area contributed by atoms with Crippen molar-refractivity contribution in [3.63, 3.8) is 0 Å². The summed E-state index contributed by atoms with van der Waals surface area (Å²) in [5, 5.41) is 2.88. The maximum atomic E-state index is 12.2. The Kier molecular flexibility index (Phi) is 7.36. The van der Waals surface area contributed by atoms with Crippen LogP contribution < -0.4 is 15.8 Å². The number of hydrogen-bond donors (Lipinski definition) is 2. The number of nitrogens with one attached hydrogen (secondary N) is 1. The molecule has 3 N–H and O–H groups in total. The topological polar surface area (TPSA) is 73.6 Å². The van der Waals surface area contributed by atoms with Crippen molar-refractivity contribution in [1.82, 2.24) is 0 Å². The lowest BCUT2D eigenvalue weighted by Crippen LogP contribution is -2.37. The second kappa shape index (κ2) is 9.53. The van der Waals surface area contributed by atoms with Gasteiger partial charge in [-0.05, 0) is 36.6 Å². The van der Waals surface area contributed by atoms with Gasteiger partial charge in [0.15, 0.2) is 0 Å². The van der Waals surface area contributed by atoms with Gasteiger partial charge in [-0.25, -0.2) is 0 Å². The van der Waals surface area contributed by atoms with Crippen molar-refractivity contribution in [2.75, 3.05) is 25.6 Å². The Labute approximate surface area is 138 Å². The fourth-order valence-corrected chi connectivity index (χ4v) is 3.00. The first-order valence-corrected chi connectivity index (χ1v) is 8.47. The number of rotatable bonds is 8. The highest BCUT2D eigenvalue weighted by Gasteiger charge is 2.21. The van der Waals surface area contributed by atoms with Gasteiger partial charge in [0.2, 0.25) is 5.91 Å². The molecule has 5 heteroatoms. The summed E-state index contributed by atoms with van der Waals surface area (Å²) in [5.41, 5.74) is 6.80. The van der Waals surface area contributed by atoms with Gasteiger partial charge in [-0.3, -0.25) is 4.79 Å². The Morgan fingerprint density at radius 2 is 1.91 bits per heavy atom. The molecular weight excluding hydrogens is 292 g/mol. The van der Waals surface area contributed by atoms with E-state index >= 15 is 0 Å². The van der Waals surface area contributed by atoms with E-state index in [0.29, 0.717) is 19.1 Å². The van der Waals surface area contributed by atoms with Crippen molar-refractivity contribution in [1.29, 1.82) is 0 Å². The van der Waals surface area contributed by atoms with Crippen LogP contribution in [-0.4, -0.2) is 32.3 Å². The van der Waals surface area contributed by atoms with Gasteiger partial charge >= 0.3 is 0 Å². The van der Waals surface area contributed by atoms with Crippen LogP contribution in [0.2, 0.25) is 0 Å². The van der Waals surface area contributed by atoms with E-state index in [0.717, 1.165) is 17.9 Å². The minimum absolute atomic E-state index is 0.108. The zero-order valence-corrected chi connectivity index (χ0v) is 13.9. The maximum Gasteiger partial charge on any atom is 0.241 e. The number of methoxy groups -OCH3 is 1. The second-order valence-corrected chi connectivity index (χ2v) is 6.20. The van der Waals surface area contributed by atoms with Crippen molar-refractivity contribution in [2.45, 2.75) is 44.6 Å². The number of carbonyl (C=O) groups is 1. The molecule has 1 amide bonds. The summed E-state index contributed by atoms with van der Waals surface area (Å²) in [4.78, 5) is 12.2. The number of carbonyl (C=O) groups excluding carboxylic acids is 1. The zero-order valence-electron chi connectivity index (χ0n) is 13.9. The first-order valence-electron chi connectivity index (χ1n) is 8.47. The monoisotopic (exact) mass is 320 g/mol. The van der Waals surface area contributed by atoms with E-state index in [4.69, 9.17) is 15.2 Å². The summed E-state index contributed by atoms with van der Waals surface area (Å²) in [6, 6.07) is 6.88. The first kappa shape index (κ1) is 17.8. The predicted octanol–water partition coefficient (Wildman–Crippen LogP) is 2.95. The van der Waals surface area contributed by atoms with Crippen LogP contribution in [0.3, 0.4) is 0 Å². The lowest BCUT2D eigenvalue weighted by Gasteiger charge is -2.24. The van der Waals surface area contributed by atoms with E-state index in [2.05, 4.69) is 5.32 Å². The van der Waals surface area contributed by atoms with Crippen LogP contribution in [0, 0.1) is 5.92 Å². The molecule has 0 radical (unpaired) electrons. The first-order chi connectivity index (χ1) is 11.2. The average molecular weight is 320 g/mol. The second-order valence-electron chi connectivity index (χ2n) is 6.20. The summed E-state index contributed by atoms with van der Waals surface area (Å²) in [6.45, 7) is 1.06. The molecule has 23 heavy (non-hydrogen) atoms. The van der Waals surface area contributed by atoms with Crippen LogP contribution in [0.25, 0.3) is 0 Å². The molecule has 1 aromatic rings. The molecule has 2 rings (SSSR count). The molecule has 1 unspecified atom stereocenters. The molecule has 0 bridgehead atoms. The van der Waals surface area contributed by atoms with E-state index < -0.39 is 6.04 Å². The summed E-state index contributed by atoms with van der Waals surface area (Å²) in [6.07, 6.45) is 7.04. The summed E-state index contributed by atoms with van der Waals surface area (Å²) in [5.74, 6) is 1.25. The fraction of sp³-hybridized carbons (Fsp3) is 0.611. The van der Waals surface area contributed by atoms with Crippen molar-refractivity contribution in [3.8, 4) is 5.75 Å². The molecule has 0 saturated heterocycles. The van der Waals surface area contributed by atoms with Crippen LogP contribution in [0.1, 0.15) is 38.5 Å². The van der Waals surface area contributed by atoms with E-state index in [1.807, 2.05) is 24.3 Å². The highest BCUT2D eigenvalue weighted by molar-refractivity contribution is 5.94. The lowest BCUT2D eigenvalue weighted by atomic mass is 9.85. The van der Waals surface area contributed by atoms with Gasteiger partial charge in [0.1, 0.15) is 12.4 Å². The van der Waals surface area contributed by atoms with Crippen molar-refractivity contribution >= 4 is 11.6 Å². The molecule has 1 aliphatic rings. The molecule has 0 aliphatic heterocycles. The Hall–Kier alpha value is -1.59. The van der Waals surface area contributed by atoms with E-state index in [-0.39, 0.29) is 5.91 Å². The van der Waals surface area contributed by atoms with Crippen LogP contribution >= 0.6 is 0 Å². The lowest BCUT2D eigenvalue weighted by molar-refractivity contribution is -0.117. The van der Waals surface area contributed by atoms with Crippen molar-refractivity contribution in [3.05, 3.63) is 24.3 Å². The van der Waals surface area contributed by atoms with Gasteiger partial charge in [0.05, 0.1) is 12.6 Å². The minimum Gasteiger partial charge on any atom is -0.491 e. The smallest absolute Gasteiger partial charge is 0.241 e. The van der Waals surface area contributed by atoms with Crippen LogP contribution in [0.15, 0.2) is 24.3 Å². The van der Waals surface area contributed by atoms with Crippen LogP contribution in [0.4, 0.5) is 5.69 Å². The van der Waals surface area contributed by atoms with Crippen molar-refractivity contribution in [2.24, 2.45) is 11.7 Å². The molecule has 1 aromatic carbocycles. The molecule has 1 aliphatic carbocycles. The number of ether oxygens (including phenoxy) is 2. The van der Waals surface area contributed by atoms with E-state index in [1.165, 1.54) is 32.1 Å².